The molecule has 98 valence electrons. The number of imidazole rings is 1. The van der Waals surface area contributed by atoms with Crippen molar-refractivity contribution < 1.29 is 9.47 Å². The van der Waals surface area contributed by atoms with Gasteiger partial charge in [-0.3, -0.25) is 0 Å². The first-order chi connectivity index (χ1) is 9.20. The number of nitriles is 1. The molecular weight excluding hydrogens is 244 g/mol. The Bertz CT molecular complexity index is 669. The monoisotopic (exact) mass is 258 g/mol. The summed E-state index contributed by atoms with van der Waals surface area (Å²) >= 11 is 0. The van der Waals surface area contributed by atoms with Crippen molar-refractivity contribution in [2.75, 3.05) is 13.2 Å². The summed E-state index contributed by atoms with van der Waals surface area (Å²) < 4.78 is 12.9. The molecule has 6 nitrogen and oxygen atoms in total. The second-order valence-electron chi connectivity index (χ2n) is 4.49. The molecule has 0 aliphatic carbocycles. The molecule has 1 aromatic carbocycles. The molecule has 2 N–H and O–H groups in total. The zero-order valence-corrected chi connectivity index (χ0v) is 10.6. The average molecular weight is 258 g/mol. The molecule has 0 bridgehead atoms. The summed E-state index contributed by atoms with van der Waals surface area (Å²) in [7, 11) is 0. The van der Waals surface area contributed by atoms with Crippen LogP contribution < -0.4 is 15.2 Å². The third-order valence-electron chi connectivity index (χ3n) is 3.08. The Morgan fingerprint density at radius 1 is 1.42 bits per heavy atom. The van der Waals surface area contributed by atoms with Crippen molar-refractivity contribution in [2.24, 2.45) is 5.73 Å². The van der Waals surface area contributed by atoms with Gasteiger partial charge >= 0.3 is 0 Å². The van der Waals surface area contributed by atoms with Gasteiger partial charge in [-0.2, -0.15) is 5.26 Å². The van der Waals surface area contributed by atoms with Crippen LogP contribution in [0.5, 0.6) is 11.5 Å². The number of benzene rings is 1. The minimum atomic E-state index is -0.236. The van der Waals surface area contributed by atoms with Crippen molar-refractivity contribution in [3.63, 3.8) is 0 Å². The van der Waals surface area contributed by atoms with Crippen molar-refractivity contribution in [1.82, 2.24) is 9.55 Å². The summed E-state index contributed by atoms with van der Waals surface area (Å²) in [6.07, 6.45) is 0. The normalized spacial score (nSPS) is 15.2. The maximum atomic E-state index is 8.95. The summed E-state index contributed by atoms with van der Waals surface area (Å²) in [4.78, 5) is 4.49. The van der Waals surface area contributed by atoms with Gasteiger partial charge in [-0.1, -0.05) is 0 Å². The zero-order chi connectivity index (χ0) is 13.4. The highest BCUT2D eigenvalue weighted by atomic mass is 16.6. The molecule has 1 atom stereocenters. The lowest BCUT2D eigenvalue weighted by atomic mass is 10.2. The van der Waals surface area contributed by atoms with Crippen LogP contribution in [0.1, 0.15) is 18.8 Å². The molecule has 1 aliphatic heterocycles. The first-order valence-corrected chi connectivity index (χ1v) is 6.13. The molecule has 2 heterocycles. The number of nitrogens with zero attached hydrogens (tertiary/aromatic N) is 3. The van der Waals surface area contributed by atoms with Gasteiger partial charge in [-0.25, -0.2) is 4.98 Å². The van der Waals surface area contributed by atoms with E-state index in [-0.39, 0.29) is 12.6 Å². The van der Waals surface area contributed by atoms with Crippen LogP contribution in [0.25, 0.3) is 11.0 Å². The smallest absolute Gasteiger partial charge is 0.163 e. The second kappa shape index (κ2) is 4.44. The van der Waals surface area contributed by atoms with Crippen LogP contribution in [0.2, 0.25) is 0 Å². The fourth-order valence-corrected chi connectivity index (χ4v) is 2.26. The van der Waals surface area contributed by atoms with Crippen LogP contribution in [-0.2, 0) is 6.54 Å². The summed E-state index contributed by atoms with van der Waals surface area (Å²) in [5.74, 6) is 2.07. The second-order valence-corrected chi connectivity index (χ2v) is 4.49. The van der Waals surface area contributed by atoms with E-state index in [1.165, 1.54) is 0 Å². The summed E-state index contributed by atoms with van der Waals surface area (Å²) in [6, 6.07) is 5.59. The Kier molecular flexibility index (Phi) is 2.76. The number of fused-ring (bicyclic) bond motifs is 2. The Hall–Kier alpha value is -2.26. The standard InChI is InChI=1S/C13H14N4O2/c1-8(15)13-16-9-6-11-12(19-5-4-18-11)7-10(9)17(13)3-2-14/h6-8H,3-5,15H2,1H3. The van der Waals surface area contributed by atoms with Crippen molar-refractivity contribution >= 4 is 11.0 Å². The Morgan fingerprint density at radius 2 is 2.11 bits per heavy atom. The fourth-order valence-electron chi connectivity index (χ4n) is 2.26. The van der Waals surface area contributed by atoms with Crippen LogP contribution >= 0.6 is 0 Å². The van der Waals surface area contributed by atoms with E-state index in [9.17, 15) is 0 Å². The minimum absolute atomic E-state index is 0.215. The van der Waals surface area contributed by atoms with Crippen LogP contribution in [0.15, 0.2) is 12.1 Å². The molecule has 2 aromatic rings. The number of hydrogen-bond donors (Lipinski definition) is 1. The van der Waals surface area contributed by atoms with Gasteiger partial charge in [0.1, 0.15) is 25.6 Å². The van der Waals surface area contributed by atoms with Gasteiger partial charge in [0.15, 0.2) is 11.5 Å². The van der Waals surface area contributed by atoms with Gasteiger partial charge < -0.3 is 19.8 Å². The van der Waals surface area contributed by atoms with Gasteiger partial charge in [0.2, 0.25) is 0 Å². The molecule has 6 heteroatoms. The zero-order valence-electron chi connectivity index (χ0n) is 10.6. The van der Waals surface area contributed by atoms with E-state index in [1.54, 1.807) is 0 Å². The highest BCUT2D eigenvalue weighted by Gasteiger charge is 2.19. The van der Waals surface area contributed by atoms with Crippen LogP contribution in [0, 0.1) is 11.3 Å². The van der Waals surface area contributed by atoms with E-state index in [2.05, 4.69) is 11.1 Å². The molecule has 1 aromatic heterocycles. The van der Waals surface area contributed by atoms with Crippen molar-refractivity contribution in [3.8, 4) is 17.6 Å². The predicted octanol–water partition coefficient (Wildman–Crippen LogP) is 1.35. The fraction of sp³-hybridized carbons (Fsp3) is 0.385. The molecule has 0 fully saturated rings. The molecule has 0 saturated carbocycles. The maximum absolute atomic E-state index is 8.95. The Morgan fingerprint density at radius 3 is 2.74 bits per heavy atom. The number of hydrogen-bond acceptors (Lipinski definition) is 5. The number of ether oxygens (including phenoxy) is 2. The molecule has 1 aliphatic rings. The van der Waals surface area contributed by atoms with Crippen molar-refractivity contribution in [3.05, 3.63) is 18.0 Å². The molecule has 0 radical (unpaired) electrons. The largest absolute Gasteiger partial charge is 0.486 e. The first kappa shape index (κ1) is 11.8. The van der Waals surface area contributed by atoms with Gasteiger partial charge in [0.05, 0.1) is 23.1 Å². The third-order valence-corrected chi connectivity index (χ3v) is 3.08. The topological polar surface area (TPSA) is 86.1 Å². The minimum Gasteiger partial charge on any atom is -0.486 e. The van der Waals surface area contributed by atoms with Crippen LogP contribution in [0.3, 0.4) is 0 Å². The van der Waals surface area contributed by atoms with E-state index >= 15 is 0 Å². The van der Waals surface area contributed by atoms with Crippen LogP contribution in [0.4, 0.5) is 0 Å². The molecule has 3 rings (SSSR count). The molecule has 1 unspecified atom stereocenters. The van der Waals surface area contributed by atoms with Gasteiger partial charge in [0, 0.05) is 12.1 Å². The summed E-state index contributed by atoms with van der Waals surface area (Å²) in [5, 5.41) is 8.95. The molecular formula is C13H14N4O2. The predicted molar refractivity (Wildman–Crippen MR) is 68.9 cm³/mol. The molecule has 0 saturated heterocycles. The van der Waals surface area contributed by atoms with E-state index < -0.39 is 0 Å². The van der Waals surface area contributed by atoms with E-state index in [0.717, 1.165) is 11.0 Å². The lowest BCUT2D eigenvalue weighted by Crippen LogP contribution is -2.15. The Balaban J connectivity index is 2.24. The Labute approximate surface area is 110 Å². The number of nitrogens with two attached hydrogens (primary N) is 1. The maximum Gasteiger partial charge on any atom is 0.163 e. The lowest BCUT2D eigenvalue weighted by molar-refractivity contribution is 0.172. The number of rotatable bonds is 2. The molecule has 19 heavy (non-hydrogen) atoms. The number of aromatic nitrogens is 2. The highest BCUT2D eigenvalue weighted by Crippen LogP contribution is 2.35. The van der Waals surface area contributed by atoms with E-state index in [1.807, 2.05) is 23.6 Å². The summed E-state index contributed by atoms with van der Waals surface area (Å²) in [5.41, 5.74) is 7.52. The lowest BCUT2D eigenvalue weighted by Gasteiger charge is -2.18. The van der Waals surface area contributed by atoms with Crippen molar-refractivity contribution in [1.29, 1.82) is 5.26 Å². The third kappa shape index (κ3) is 1.88. The van der Waals surface area contributed by atoms with Gasteiger partial charge in [-0.15, -0.1) is 0 Å². The molecule has 0 spiro atoms. The molecule has 0 amide bonds. The van der Waals surface area contributed by atoms with E-state index in [0.29, 0.717) is 30.5 Å². The van der Waals surface area contributed by atoms with E-state index in [4.69, 9.17) is 20.5 Å². The van der Waals surface area contributed by atoms with Crippen LogP contribution in [-0.4, -0.2) is 22.8 Å². The quantitative estimate of drug-likeness (QED) is 0.878. The SMILES string of the molecule is CC(N)c1nc2cc3c(cc2n1CC#N)OCCO3. The van der Waals surface area contributed by atoms with Crippen molar-refractivity contribution in [2.45, 2.75) is 19.5 Å². The summed E-state index contributed by atoms with van der Waals surface area (Å²) in [6.45, 7) is 3.14. The van der Waals surface area contributed by atoms with Gasteiger partial charge in [-0.05, 0) is 6.92 Å². The highest BCUT2D eigenvalue weighted by molar-refractivity contribution is 5.81. The average Bonchev–Trinajstić information content (AvgIpc) is 2.75. The first-order valence-electron chi connectivity index (χ1n) is 6.13. The van der Waals surface area contributed by atoms with Gasteiger partial charge in [0.25, 0.3) is 0 Å².